The zero-order valence-electron chi connectivity index (χ0n) is 13.6. The molecule has 0 spiro atoms. The van der Waals surface area contributed by atoms with E-state index in [4.69, 9.17) is 5.11 Å². The Bertz CT molecular complexity index is 534. The van der Waals surface area contributed by atoms with Crippen molar-refractivity contribution in [2.45, 2.75) is 39.5 Å². The number of carbonyl (C=O) groups is 3. The highest BCUT2D eigenvalue weighted by atomic mass is 16.4. The van der Waals surface area contributed by atoms with Gasteiger partial charge >= 0.3 is 5.97 Å². The Balaban J connectivity index is 2.63. The van der Waals surface area contributed by atoms with E-state index in [0.29, 0.717) is 11.3 Å². The van der Waals surface area contributed by atoms with Crippen molar-refractivity contribution >= 4 is 23.5 Å². The molecule has 0 aliphatic heterocycles. The number of hydrogen-bond donors (Lipinski definition) is 3. The van der Waals surface area contributed by atoms with Crippen LogP contribution in [0.4, 0.5) is 5.69 Å². The highest BCUT2D eigenvalue weighted by Crippen LogP contribution is 2.17. The van der Waals surface area contributed by atoms with E-state index < -0.39 is 18.4 Å². The van der Waals surface area contributed by atoms with Gasteiger partial charge in [-0.1, -0.05) is 26.7 Å². The third kappa shape index (κ3) is 6.50. The van der Waals surface area contributed by atoms with Gasteiger partial charge in [0.25, 0.3) is 5.91 Å². The van der Waals surface area contributed by atoms with E-state index in [9.17, 15) is 14.4 Å². The number of carboxylic acid groups (broad SMARTS) is 1. The fourth-order valence-electron chi connectivity index (χ4n) is 2.31. The maximum Gasteiger partial charge on any atom is 0.322 e. The third-order valence-corrected chi connectivity index (χ3v) is 3.46. The van der Waals surface area contributed by atoms with Crippen molar-refractivity contribution < 1.29 is 19.5 Å². The number of carboxylic acids is 1. The molecule has 0 unspecified atom stereocenters. The van der Waals surface area contributed by atoms with Gasteiger partial charge in [-0.05, 0) is 37.1 Å². The molecule has 0 saturated heterocycles. The number of rotatable bonds is 9. The van der Waals surface area contributed by atoms with Gasteiger partial charge in [-0.3, -0.25) is 14.4 Å². The number of carbonyl (C=O) groups excluding carboxylic acids is 2. The molecule has 0 bridgehead atoms. The summed E-state index contributed by atoms with van der Waals surface area (Å²) >= 11 is 0. The average Bonchev–Trinajstić information content (AvgIpc) is 2.53. The summed E-state index contributed by atoms with van der Waals surface area (Å²) in [4.78, 5) is 34.4. The van der Waals surface area contributed by atoms with Crippen molar-refractivity contribution in [1.82, 2.24) is 5.32 Å². The minimum absolute atomic E-state index is 0.00298. The second-order valence-corrected chi connectivity index (χ2v) is 5.42. The molecule has 126 valence electrons. The molecule has 1 aromatic carbocycles. The van der Waals surface area contributed by atoms with Gasteiger partial charge in [0.2, 0.25) is 5.91 Å². The van der Waals surface area contributed by atoms with Gasteiger partial charge < -0.3 is 15.7 Å². The fourth-order valence-corrected chi connectivity index (χ4v) is 2.31. The zero-order chi connectivity index (χ0) is 17.2. The maximum atomic E-state index is 12.2. The van der Waals surface area contributed by atoms with Gasteiger partial charge in [0.15, 0.2) is 0 Å². The minimum atomic E-state index is -1.10. The Morgan fingerprint density at radius 1 is 1.04 bits per heavy atom. The molecule has 0 saturated carbocycles. The van der Waals surface area contributed by atoms with Crippen LogP contribution in [0.15, 0.2) is 24.3 Å². The average molecular weight is 320 g/mol. The molecule has 2 amide bonds. The molecule has 0 aromatic heterocycles. The van der Waals surface area contributed by atoms with Crippen LogP contribution >= 0.6 is 0 Å². The molecule has 0 radical (unpaired) electrons. The second-order valence-electron chi connectivity index (χ2n) is 5.42. The van der Waals surface area contributed by atoms with Crippen LogP contribution in [0.5, 0.6) is 0 Å². The number of benzene rings is 1. The van der Waals surface area contributed by atoms with E-state index in [2.05, 4.69) is 24.5 Å². The SMILES string of the molecule is CCCC(CCC)C(=O)Nc1ccc(C(=O)NCC(=O)O)cc1. The molecule has 1 aromatic rings. The Morgan fingerprint density at radius 2 is 1.61 bits per heavy atom. The monoisotopic (exact) mass is 320 g/mol. The number of nitrogens with one attached hydrogen (secondary N) is 2. The van der Waals surface area contributed by atoms with E-state index in [-0.39, 0.29) is 11.8 Å². The molecule has 3 N–H and O–H groups in total. The summed E-state index contributed by atoms with van der Waals surface area (Å²) in [5.41, 5.74) is 0.977. The summed E-state index contributed by atoms with van der Waals surface area (Å²) in [5, 5.41) is 13.7. The lowest BCUT2D eigenvalue weighted by Crippen LogP contribution is -2.29. The normalized spacial score (nSPS) is 10.4. The number of anilines is 1. The zero-order valence-corrected chi connectivity index (χ0v) is 13.6. The lowest BCUT2D eigenvalue weighted by atomic mass is 9.97. The molecule has 0 atom stereocenters. The molecular formula is C17H24N2O4. The summed E-state index contributed by atoms with van der Waals surface area (Å²) in [6.45, 7) is 3.69. The number of amides is 2. The highest BCUT2D eigenvalue weighted by Gasteiger charge is 2.16. The van der Waals surface area contributed by atoms with E-state index in [0.717, 1.165) is 25.7 Å². The number of aliphatic carboxylic acids is 1. The molecule has 0 fully saturated rings. The predicted molar refractivity (Wildman–Crippen MR) is 88.3 cm³/mol. The van der Waals surface area contributed by atoms with Crippen LogP contribution in [0.3, 0.4) is 0 Å². The van der Waals surface area contributed by atoms with Crippen LogP contribution in [0.2, 0.25) is 0 Å². The van der Waals surface area contributed by atoms with Crippen LogP contribution in [0, 0.1) is 5.92 Å². The van der Waals surface area contributed by atoms with Crippen molar-refractivity contribution in [2.75, 3.05) is 11.9 Å². The lowest BCUT2D eigenvalue weighted by molar-refractivity contribution is -0.135. The van der Waals surface area contributed by atoms with Crippen molar-refractivity contribution in [3.05, 3.63) is 29.8 Å². The topological polar surface area (TPSA) is 95.5 Å². The first-order chi connectivity index (χ1) is 11.0. The summed E-state index contributed by atoms with van der Waals surface area (Å²) in [6, 6.07) is 6.40. The number of hydrogen-bond acceptors (Lipinski definition) is 3. The van der Waals surface area contributed by atoms with Gasteiger partial charge in [-0.25, -0.2) is 0 Å². The fraction of sp³-hybridized carbons (Fsp3) is 0.471. The molecule has 1 rings (SSSR count). The Morgan fingerprint density at radius 3 is 2.09 bits per heavy atom. The molecule has 23 heavy (non-hydrogen) atoms. The predicted octanol–water partition coefficient (Wildman–Crippen LogP) is 2.66. The molecule has 0 aliphatic rings. The molecule has 0 aliphatic carbocycles. The van der Waals surface area contributed by atoms with Crippen molar-refractivity contribution in [2.24, 2.45) is 5.92 Å². The molecule has 6 heteroatoms. The first kappa shape index (κ1) is 18.7. The lowest BCUT2D eigenvalue weighted by Gasteiger charge is -2.15. The smallest absolute Gasteiger partial charge is 0.322 e. The van der Waals surface area contributed by atoms with Crippen LogP contribution in [0.25, 0.3) is 0 Å². The van der Waals surface area contributed by atoms with Gasteiger partial charge in [0.1, 0.15) is 6.54 Å². The Labute approximate surface area is 136 Å². The van der Waals surface area contributed by atoms with Gasteiger partial charge in [0.05, 0.1) is 0 Å². The summed E-state index contributed by atoms with van der Waals surface area (Å²) < 4.78 is 0. The molecular weight excluding hydrogens is 296 g/mol. The van der Waals surface area contributed by atoms with Gasteiger partial charge in [-0.2, -0.15) is 0 Å². The Kier molecular flexibility index (Phi) is 7.80. The highest BCUT2D eigenvalue weighted by molar-refractivity contribution is 5.97. The van der Waals surface area contributed by atoms with Crippen LogP contribution in [-0.4, -0.2) is 29.4 Å². The second kappa shape index (κ2) is 9.61. The minimum Gasteiger partial charge on any atom is -0.480 e. The Hall–Kier alpha value is -2.37. The first-order valence-electron chi connectivity index (χ1n) is 7.88. The largest absolute Gasteiger partial charge is 0.480 e. The summed E-state index contributed by atoms with van der Waals surface area (Å²) in [6.07, 6.45) is 3.63. The standard InChI is InChI=1S/C17H24N2O4/c1-3-5-12(6-4-2)17(23)19-14-9-7-13(8-10-14)16(22)18-11-15(20)21/h7-10,12H,3-6,11H2,1-2H3,(H,18,22)(H,19,23)(H,20,21). The summed E-state index contributed by atoms with van der Waals surface area (Å²) in [7, 11) is 0. The quantitative estimate of drug-likeness (QED) is 0.652. The van der Waals surface area contributed by atoms with E-state index >= 15 is 0 Å². The van der Waals surface area contributed by atoms with Crippen molar-refractivity contribution in [3.63, 3.8) is 0 Å². The first-order valence-corrected chi connectivity index (χ1v) is 7.88. The third-order valence-electron chi connectivity index (χ3n) is 3.46. The summed E-state index contributed by atoms with van der Waals surface area (Å²) in [5.74, 6) is -1.56. The van der Waals surface area contributed by atoms with Gasteiger partial charge in [-0.15, -0.1) is 0 Å². The van der Waals surface area contributed by atoms with Crippen molar-refractivity contribution in [3.8, 4) is 0 Å². The van der Waals surface area contributed by atoms with Crippen molar-refractivity contribution in [1.29, 1.82) is 0 Å². The van der Waals surface area contributed by atoms with Crippen LogP contribution in [-0.2, 0) is 9.59 Å². The van der Waals surface area contributed by atoms with Gasteiger partial charge in [0, 0.05) is 17.2 Å². The van der Waals surface area contributed by atoms with E-state index in [1.165, 1.54) is 0 Å². The van der Waals surface area contributed by atoms with E-state index in [1.54, 1.807) is 24.3 Å². The van der Waals surface area contributed by atoms with Crippen LogP contribution < -0.4 is 10.6 Å². The maximum absolute atomic E-state index is 12.2. The van der Waals surface area contributed by atoms with E-state index in [1.807, 2.05) is 0 Å². The molecule has 6 nitrogen and oxygen atoms in total. The van der Waals surface area contributed by atoms with Crippen LogP contribution in [0.1, 0.15) is 49.9 Å². The molecule has 0 heterocycles.